The number of carbonyl (C=O) groups is 2. The molecular formula is C34H35F3N8O2. The van der Waals surface area contributed by atoms with Crippen molar-refractivity contribution >= 4 is 40.8 Å². The van der Waals surface area contributed by atoms with Crippen molar-refractivity contribution in [2.45, 2.75) is 26.1 Å². The average molecular weight is 645 g/mol. The summed E-state index contributed by atoms with van der Waals surface area (Å²) in [5, 5.41) is 9.30. The third-order valence-corrected chi connectivity index (χ3v) is 8.33. The van der Waals surface area contributed by atoms with E-state index in [1.807, 2.05) is 19.1 Å². The van der Waals surface area contributed by atoms with Gasteiger partial charge in [0.05, 0.1) is 17.8 Å². The van der Waals surface area contributed by atoms with Crippen LogP contribution in [0.5, 0.6) is 0 Å². The maximum absolute atomic E-state index is 13.6. The SMILES string of the molecule is Cc1ccc(NC(=O)c2cccc(C(F)(F)F)c2)cc1N1Cc2cnc(Nc3cccc(CCN4CCNCC4)c3)nc2N(C)C1=O. The molecule has 3 heterocycles. The number of anilines is 5. The maximum atomic E-state index is 13.6. The molecule has 3 aromatic carbocycles. The molecule has 0 radical (unpaired) electrons. The first-order valence-corrected chi connectivity index (χ1v) is 15.3. The van der Waals surface area contributed by atoms with Gasteiger partial charge in [-0.25, -0.2) is 9.78 Å². The molecule has 0 saturated carbocycles. The fourth-order valence-electron chi connectivity index (χ4n) is 5.73. The number of urea groups is 1. The number of benzene rings is 3. The molecule has 244 valence electrons. The highest BCUT2D eigenvalue weighted by Crippen LogP contribution is 2.34. The number of nitrogens with zero attached hydrogens (tertiary/aromatic N) is 5. The number of fused-ring (bicyclic) bond motifs is 1. The highest BCUT2D eigenvalue weighted by atomic mass is 19.4. The number of nitrogens with one attached hydrogen (secondary N) is 3. The molecule has 3 N–H and O–H groups in total. The predicted octanol–water partition coefficient (Wildman–Crippen LogP) is 5.82. The van der Waals surface area contributed by atoms with Gasteiger partial charge in [-0.1, -0.05) is 24.3 Å². The summed E-state index contributed by atoms with van der Waals surface area (Å²) >= 11 is 0. The Morgan fingerprint density at radius 2 is 1.79 bits per heavy atom. The van der Waals surface area contributed by atoms with E-state index in [0.717, 1.165) is 68.1 Å². The Kier molecular flexibility index (Phi) is 9.10. The topological polar surface area (TPSA) is 106 Å². The second kappa shape index (κ2) is 13.4. The number of halogens is 3. The molecule has 1 aromatic heterocycles. The van der Waals surface area contributed by atoms with Crippen LogP contribution in [0, 0.1) is 6.92 Å². The van der Waals surface area contributed by atoms with Crippen molar-refractivity contribution in [3.05, 3.63) is 101 Å². The summed E-state index contributed by atoms with van der Waals surface area (Å²) in [4.78, 5) is 41.1. The molecule has 2 aliphatic rings. The fourth-order valence-corrected chi connectivity index (χ4v) is 5.73. The summed E-state index contributed by atoms with van der Waals surface area (Å²) < 4.78 is 39.5. The van der Waals surface area contributed by atoms with E-state index in [-0.39, 0.29) is 18.1 Å². The number of aromatic nitrogens is 2. The van der Waals surface area contributed by atoms with E-state index in [1.54, 1.807) is 36.3 Å². The van der Waals surface area contributed by atoms with Crippen LogP contribution in [0.4, 0.5) is 46.8 Å². The van der Waals surface area contributed by atoms with E-state index < -0.39 is 17.6 Å². The molecule has 1 fully saturated rings. The van der Waals surface area contributed by atoms with Crippen molar-refractivity contribution in [1.29, 1.82) is 0 Å². The first-order valence-electron chi connectivity index (χ1n) is 15.3. The summed E-state index contributed by atoms with van der Waals surface area (Å²) in [7, 11) is 1.63. The molecule has 6 rings (SSSR count). The minimum Gasteiger partial charge on any atom is -0.324 e. The number of aryl methyl sites for hydroxylation is 1. The fraction of sp³-hybridized carbons (Fsp3) is 0.294. The van der Waals surface area contributed by atoms with Crippen LogP contribution in [-0.4, -0.2) is 66.6 Å². The zero-order chi connectivity index (χ0) is 33.1. The van der Waals surface area contributed by atoms with Crippen molar-refractivity contribution in [3.63, 3.8) is 0 Å². The lowest BCUT2D eigenvalue weighted by Crippen LogP contribution is -2.46. The smallest absolute Gasteiger partial charge is 0.324 e. The predicted molar refractivity (Wildman–Crippen MR) is 175 cm³/mol. The first-order chi connectivity index (χ1) is 22.5. The molecule has 2 aliphatic heterocycles. The molecule has 1 saturated heterocycles. The Morgan fingerprint density at radius 1 is 1.00 bits per heavy atom. The van der Waals surface area contributed by atoms with Crippen molar-refractivity contribution < 1.29 is 22.8 Å². The van der Waals surface area contributed by atoms with Gasteiger partial charge in [-0.05, 0) is 66.9 Å². The Balaban J connectivity index is 1.15. The number of piperazine rings is 1. The Labute approximate surface area is 270 Å². The van der Waals surface area contributed by atoms with E-state index >= 15 is 0 Å². The van der Waals surface area contributed by atoms with E-state index in [0.29, 0.717) is 23.1 Å². The minimum absolute atomic E-state index is 0.131. The van der Waals surface area contributed by atoms with Gasteiger partial charge in [0.25, 0.3) is 5.91 Å². The molecular weight excluding hydrogens is 609 g/mol. The van der Waals surface area contributed by atoms with Gasteiger partial charge in [0.2, 0.25) is 5.95 Å². The van der Waals surface area contributed by atoms with Gasteiger partial charge >= 0.3 is 12.2 Å². The standard InChI is InChI=1S/C34H35F3N8O2/c1-22-9-10-28(40-31(46)24-6-4-7-26(18-24)34(35,36)37)19-29(22)45-21-25-20-39-32(42-30(25)43(2)33(45)47)41-27-8-3-5-23(17-27)11-14-44-15-12-38-13-16-44/h3-10,17-20,38H,11-16,21H2,1-2H3,(H,40,46)(H,39,41,42). The Bertz CT molecular complexity index is 1790. The molecule has 4 aromatic rings. The van der Waals surface area contributed by atoms with Crippen LogP contribution in [0.1, 0.15) is 32.6 Å². The van der Waals surface area contributed by atoms with Gasteiger partial charge in [-0.3, -0.25) is 14.6 Å². The Hall–Kier alpha value is -5.01. The van der Waals surface area contributed by atoms with Crippen molar-refractivity contribution in [2.24, 2.45) is 0 Å². The zero-order valence-corrected chi connectivity index (χ0v) is 26.1. The Morgan fingerprint density at radius 3 is 2.57 bits per heavy atom. The van der Waals surface area contributed by atoms with Gasteiger partial charge in [0, 0.05) is 68.5 Å². The molecule has 0 atom stereocenters. The number of hydrogen-bond donors (Lipinski definition) is 3. The lowest BCUT2D eigenvalue weighted by Gasteiger charge is -2.35. The minimum atomic E-state index is -4.57. The number of carbonyl (C=O) groups excluding carboxylic acids is 2. The molecule has 0 spiro atoms. The highest BCUT2D eigenvalue weighted by Gasteiger charge is 2.32. The average Bonchev–Trinajstić information content (AvgIpc) is 3.07. The maximum Gasteiger partial charge on any atom is 0.416 e. The zero-order valence-electron chi connectivity index (χ0n) is 26.1. The third-order valence-electron chi connectivity index (χ3n) is 8.33. The monoisotopic (exact) mass is 644 g/mol. The van der Waals surface area contributed by atoms with Gasteiger partial charge in [-0.15, -0.1) is 0 Å². The van der Waals surface area contributed by atoms with Crippen LogP contribution in [0.3, 0.4) is 0 Å². The van der Waals surface area contributed by atoms with Gasteiger partial charge in [0.15, 0.2) is 0 Å². The highest BCUT2D eigenvalue weighted by molar-refractivity contribution is 6.07. The molecule has 0 bridgehead atoms. The van der Waals surface area contributed by atoms with Crippen LogP contribution in [0.15, 0.2) is 72.9 Å². The largest absolute Gasteiger partial charge is 0.416 e. The van der Waals surface area contributed by atoms with Crippen LogP contribution in [0.25, 0.3) is 0 Å². The number of rotatable bonds is 8. The van der Waals surface area contributed by atoms with Gasteiger partial charge in [0.1, 0.15) is 5.82 Å². The van der Waals surface area contributed by atoms with Crippen molar-refractivity contribution in [3.8, 4) is 0 Å². The molecule has 10 nitrogen and oxygen atoms in total. The summed E-state index contributed by atoms with van der Waals surface area (Å²) in [6, 6.07) is 17.0. The first kappa shape index (κ1) is 32.0. The molecule has 0 unspecified atom stereocenters. The van der Waals surface area contributed by atoms with Crippen molar-refractivity contribution in [2.75, 3.05) is 60.2 Å². The van der Waals surface area contributed by atoms with Crippen LogP contribution < -0.4 is 25.8 Å². The molecule has 3 amide bonds. The quantitative estimate of drug-likeness (QED) is 0.222. The van der Waals surface area contributed by atoms with Crippen LogP contribution >= 0.6 is 0 Å². The second-order valence-corrected chi connectivity index (χ2v) is 11.7. The summed E-state index contributed by atoms with van der Waals surface area (Å²) in [5.41, 5.74) is 3.38. The van der Waals surface area contributed by atoms with Gasteiger partial charge < -0.3 is 20.9 Å². The lowest BCUT2D eigenvalue weighted by molar-refractivity contribution is -0.137. The van der Waals surface area contributed by atoms with E-state index in [9.17, 15) is 22.8 Å². The molecule has 0 aliphatic carbocycles. The molecule has 47 heavy (non-hydrogen) atoms. The normalized spacial score (nSPS) is 15.4. The van der Waals surface area contributed by atoms with Crippen LogP contribution in [-0.2, 0) is 19.1 Å². The third kappa shape index (κ3) is 7.36. The number of amides is 3. The van der Waals surface area contributed by atoms with E-state index in [4.69, 9.17) is 0 Å². The van der Waals surface area contributed by atoms with E-state index in [2.05, 4.69) is 43.0 Å². The van der Waals surface area contributed by atoms with Crippen LogP contribution in [0.2, 0.25) is 0 Å². The summed E-state index contributed by atoms with van der Waals surface area (Å²) in [6.07, 6.45) is -1.95. The number of hydrogen-bond acceptors (Lipinski definition) is 7. The lowest BCUT2D eigenvalue weighted by atomic mass is 10.1. The second-order valence-electron chi connectivity index (χ2n) is 11.7. The summed E-state index contributed by atoms with van der Waals surface area (Å²) in [5.74, 6) is 0.147. The number of alkyl halides is 3. The van der Waals surface area contributed by atoms with Crippen molar-refractivity contribution in [1.82, 2.24) is 20.2 Å². The molecule has 13 heteroatoms. The summed E-state index contributed by atoms with van der Waals surface area (Å²) in [6.45, 7) is 7.15. The van der Waals surface area contributed by atoms with E-state index in [1.165, 1.54) is 22.6 Å². The van der Waals surface area contributed by atoms with Gasteiger partial charge in [-0.2, -0.15) is 18.2 Å².